The van der Waals surface area contributed by atoms with Crippen molar-refractivity contribution < 1.29 is 22.4 Å². The minimum Gasteiger partial charge on any atom is -0.370 e. The van der Waals surface area contributed by atoms with E-state index < -0.39 is 29.0 Å². The minimum absolute atomic E-state index is 0.0420. The van der Waals surface area contributed by atoms with Gasteiger partial charge in [0.25, 0.3) is 0 Å². The Morgan fingerprint density at radius 2 is 1.90 bits per heavy atom. The molecule has 0 saturated heterocycles. The predicted molar refractivity (Wildman–Crippen MR) is 66.1 cm³/mol. The van der Waals surface area contributed by atoms with Crippen molar-refractivity contribution in [2.45, 2.75) is 38.5 Å². The molecule has 1 rings (SSSR count). The largest absolute Gasteiger partial charge is 0.419 e. The van der Waals surface area contributed by atoms with Gasteiger partial charge in [0.1, 0.15) is 5.82 Å². The number of hydrogen-bond donors (Lipinski definition) is 2. The monoisotopic (exact) mass is 292 g/mol. The summed E-state index contributed by atoms with van der Waals surface area (Å²) in [6, 6.07) is 2.79. The van der Waals surface area contributed by atoms with E-state index in [2.05, 4.69) is 5.32 Å². The van der Waals surface area contributed by atoms with Crippen molar-refractivity contribution >= 4 is 5.91 Å². The van der Waals surface area contributed by atoms with E-state index in [1.165, 1.54) is 6.07 Å². The lowest BCUT2D eigenvalue weighted by molar-refractivity contribution is -0.140. The van der Waals surface area contributed by atoms with Crippen LogP contribution < -0.4 is 11.1 Å². The highest BCUT2D eigenvalue weighted by molar-refractivity contribution is 5.74. The van der Waals surface area contributed by atoms with Crippen LogP contribution in [0.3, 0.4) is 0 Å². The number of benzene rings is 1. The number of primary amides is 1. The molecule has 0 bridgehead atoms. The molecule has 3 N–H and O–H groups in total. The first-order chi connectivity index (χ1) is 9.01. The highest BCUT2D eigenvalue weighted by Gasteiger charge is 2.34. The second-order valence-electron chi connectivity index (χ2n) is 5.19. The molecule has 1 amide bonds. The van der Waals surface area contributed by atoms with Gasteiger partial charge in [0.05, 0.1) is 5.56 Å². The maximum absolute atomic E-state index is 13.1. The predicted octanol–water partition coefficient (Wildman–Crippen LogP) is 2.59. The fraction of sp³-hybridized carbons (Fsp3) is 0.462. The number of carbonyl (C=O) groups excluding carboxylic acids is 1. The molecule has 0 spiro atoms. The average Bonchev–Trinajstić information content (AvgIpc) is 2.24. The Morgan fingerprint density at radius 3 is 2.40 bits per heavy atom. The van der Waals surface area contributed by atoms with Crippen LogP contribution in [-0.2, 0) is 17.5 Å². The van der Waals surface area contributed by atoms with Crippen LogP contribution in [0.25, 0.3) is 0 Å². The molecule has 7 heteroatoms. The number of carbonyl (C=O) groups is 1. The lowest BCUT2D eigenvalue weighted by atomic mass is 9.99. The molecule has 0 fully saturated rings. The average molecular weight is 292 g/mol. The van der Waals surface area contributed by atoms with Crippen molar-refractivity contribution in [2.24, 2.45) is 5.73 Å². The van der Waals surface area contributed by atoms with Crippen molar-refractivity contribution in [3.05, 3.63) is 35.1 Å². The molecule has 3 nitrogen and oxygen atoms in total. The molecular weight excluding hydrogens is 276 g/mol. The van der Waals surface area contributed by atoms with Crippen LogP contribution in [0.1, 0.15) is 31.4 Å². The Balaban J connectivity index is 2.82. The van der Waals surface area contributed by atoms with E-state index in [0.29, 0.717) is 0 Å². The molecule has 112 valence electrons. The third-order valence-electron chi connectivity index (χ3n) is 2.72. The van der Waals surface area contributed by atoms with Gasteiger partial charge < -0.3 is 11.1 Å². The van der Waals surface area contributed by atoms with Crippen LogP contribution in [0.4, 0.5) is 17.6 Å². The molecule has 0 saturated carbocycles. The lowest BCUT2D eigenvalue weighted by Gasteiger charge is -2.25. The van der Waals surface area contributed by atoms with Crippen LogP contribution >= 0.6 is 0 Å². The molecule has 0 atom stereocenters. The lowest BCUT2D eigenvalue weighted by Crippen LogP contribution is -2.42. The molecule has 0 aromatic heterocycles. The first kappa shape index (κ1) is 16.4. The fourth-order valence-corrected chi connectivity index (χ4v) is 1.74. The molecule has 1 aromatic rings. The molecule has 0 unspecified atom stereocenters. The SMILES string of the molecule is CC(C)(CC(N)=O)NCc1ccc(F)c(C(F)(F)F)c1. The van der Waals surface area contributed by atoms with Crippen LogP contribution in [0, 0.1) is 5.82 Å². The molecule has 0 aliphatic heterocycles. The summed E-state index contributed by atoms with van der Waals surface area (Å²) in [5.74, 6) is -1.82. The van der Waals surface area contributed by atoms with Gasteiger partial charge in [-0.25, -0.2) is 4.39 Å². The van der Waals surface area contributed by atoms with Gasteiger partial charge >= 0.3 is 6.18 Å². The van der Waals surface area contributed by atoms with Gasteiger partial charge in [-0.05, 0) is 31.5 Å². The normalized spacial score (nSPS) is 12.5. The Labute approximate surface area is 114 Å². The summed E-state index contributed by atoms with van der Waals surface area (Å²) in [6.07, 6.45) is -4.69. The first-order valence-electron chi connectivity index (χ1n) is 5.90. The zero-order chi connectivity index (χ0) is 15.6. The van der Waals surface area contributed by atoms with E-state index in [0.717, 1.165) is 12.1 Å². The summed E-state index contributed by atoms with van der Waals surface area (Å²) >= 11 is 0. The van der Waals surface area contributed by atoms with E-state index >= 15 is 0 Å². The number of alkyl halides is 3. The van der Waals surface area contributed by atoms with Crippen molar-refractivity contribution in [2.75, 3.05) is 0 Å². The van der Waals surface area contributed by atoms with E-state index in [9.17, 15) is 22.4 Å². The van der Waals surface area contributed by atoms with Gasteiger partial charge in [0.2, 0.25) is 5.91 Å². The summed E-state index contributed by atoms with van der Waals surface area (Å²) in [7, 11) is 0. The molecule has 20 heavy (non-hydrogen) atoms. The number of halogens is 4. The highest BCUT2D eigenvalue weighted by atomic mass is 19.4. The topological polar surface area (TPSA) is 55.1 Å². The van der Waals surface area contributed by atoms with Crippen LogP contribution in [0.5, 0.6) is 0 Å². The van der Waals surface area contributed by atoms with Gasteiger partial charge in [-0.3, -0.25) is 4.79 Å². The third-order valence-corrected chi connectivity index (χ3v) is 2.72. The molecular formula is C13H16F4N2O. The zero-order valence-corrected chi connectivity index (χ0v) is 11.1. The maximum atomic E-state index is 13.1. The molecule has 0 aliphatic rings. The standard InChI is InChI=1S/C13H16F4N2O/c1-12(2,6-11(18)20)19-7-8-3-4-10(14)9(5-8)13(15,16)17/h3-5,19H,6-7H2,1-2H3,(H2,18,20). The van der Waals surface area contributed by atoms with Gasteiger partial charge in [-0.1, -0.05) is 6.07 Å². The summed E-state index contributed by atoms with van der Waals surface area (Å²) in [6.45, 7) is 3.47. The van der Waals surface area contributed by atoms with Gasteiger partial charge in [0.15, 0.2) is 0 Å². The smallest absolute Gasteiger partial charge is 0.370 e. The third kappa shape index (κ3) is 4.80. The highest BCUT2D eigenvalue weighted by Crippen LogP contribution is 2.31. The van der Waals surface area contributed by atoms with Crippen molar-refractivity contribution in [3.8, 4) is 0 Å². The Bertz CT molecular complexity index is 498. The number of rotatable bonds is 5. The van der Waals surface area contributed by atoms with Crippen LogP contribution in [0.2, 0.25) is 0 Å². The summed E-state index contributed by atoms with van der Waals surface area (Å²) in [5, 5.41) is 2.91. The maximum Gasteiger partial charge on any atom is 0.419 e. The second-order valence-corrected chi connectivity index (χ2v) is 5.19. The van der Waals surface area contributed by atoms with E-state index in [1.807, 2.05) is 0 Å². The number of amides is 1. The van der Waals surface area contributed by atoms with Gasteiger partial charge in [-0.15, -0.1) is 0 Å². The Kier molecular flexibility index (Phi) is 4.75. The Morgan fingerprint density at radius 1 is 1.30 bits per heavy atom. The number of nitrogens with two attached hydrogens (primary N) is 1. The summed E-state index contributed by atoms with van der Waals surface area (Å²) in [5.41, 5.74) is 3.39. The number of hydrogen-bond acceptors (Lipinski definition) is 2. The quantitative estimate of drug-likeness (QED) is 0.820. The Hall–Kier alpha value is -1.63. The minimum atomic E-state index is -4.73. The first-order valence-corrected chi connectivity index (χ1v) is 5.90. The van der Waals surface area contributed by atoms with E-state index in [1.54, 1.807) is 13.8 Å². The van der Waals surface area contributed by atoms with Crippen LogP contribution in [0.15, 0.2) is 18.2 Å². The zero-order valence-electron chi connectivity index (χ0n) is 11.1. The van der Waals surface area contributed by atoms with Crippen molar-refractivity contribution in [3.63, 3.8) is 0 Å². The fourth-order valence-electron chi connectivity index (χ4n) is 1.74. The van der Waals surface area contributed by atoms with Crippen molar-refractivity contribution in [1.29, 1.82) is 0 Å². The van der Waals surface area contributed by atoms with E-state index in [4.69, 9.17) is 5.73 Å². The molecule has 0 radical (unpaired) electrons. The van der Waals surface area contributed by atoms with E-state index in [-0.39, 0.29) is 18.5 Å². The molecule has 1 aromatic carbocycles. The van der Waals surface area contributed by atoms with Gasteiger partial charge in [-0.2, -0.15) is 13.2 Å². The molecule has 0 aliphatic carbocycles. The van der Waals surface area contributed by atoms with Gasteiger partial charge in [0, 0.05) is 18.5 Å². The second kappa shape index (κ2) is 5.78. The summed E-state index contributed by atoms with van der Waals surface area (Å²) in [4.78, 5) is 10.8. The summed E-state index contributed by atoms with van der Waals surface area (Å²) < 4.78 is 50.8. The van der Waals surface area contributed by atoms with Crippen LogP contribution in [-0.4, -0.2) is 11.4 Å². The van der Waals surface area contributed by atoms with Crippen molar-refractivity contribution in [1.82, 2.24) is 5.32 Å². The number of nitrogens with one attached hydrogen (secondary N) is 1. The molecule has 0 heterocycles.